The van der Waals surface area contributed by atoms with E-state index < -0.39 is 11.9 Å². The van der Waals surface area contributed by atoms with Crippen molar-refractivity contribution in [1.29, 1.82) is 0 Å². The number of hydrogen-bond donors (Lipinski definition) is 1. The van der Waals surface area contributed by atoms with Gasteiger partial charge in [-0.2, -0.15) is 0 Å². The molecular formula is C23H25NO5S. The number of thiophene rings is 1. The Balaban J connectivity index is 1.69. The Morgan fingerprint density at radius 2 is 1.90 bits per heavy atom. The number of carbonyl (C=O) groups is 2. The lowest BCUT2D eigenvalue weighted by Crippen LogP contribution is -2.13. The molecule has 0 saturated carbocycles. The molecule has 3 aromatic rings. The lowest BCUT2D eigenvalue weighted by molar-refractivity contribution is 0.0602. The Morgan fingerprint density at radius 3 is 2.60 bits per heavy atom. The van der Waals surface area contributed by atoms with Gasteiger partial charge < -0.3 is 19.2 Å². The van der Waals surface area contributed by atoms with Crippen LogP contribution in [0, 0.1) is 13.8 Å². The van der Waals surface area contributed by atoms with E-state index in [1.807, 2.05) is 19.9 Å². The van der Waals surface area contributed by atoms with Gasteiger partial charge in [0.05, 0.1) is 12.7 Å². The second-order valence-corrected chi connectivity index (χ2v) is 8.55. The Labute approximate surface area is 179 Å². The molecule has 3 rings (SSSR count). The van der Waals surface area contributed by atoms with Crippen LogP contribution in [0.15, 0.2) is 40.8 Å². The minimum Gasteiger partial charge on any atom is -0.485 e. The number of esters is 1. The normalized spacial score (nSPS) is 10.9. The van der Waals surface area contributed by atoms with Crippen molar-refractivity contribution in [3.8, 4) is 5.75 Å². The number of rotatable bonds is 7. The maximum atomic E-state index is 12.6. The molecule has 30 heavy (non-hydrogen) atoms. The van der Waals surface area contributed by atoms with Crippen LogP contribution in [0.4, 0.5) is 5.00 Å². The molecule has 0 radical (unpaired) electrons. The lowest BCUT2D eigenvalue weighted by atomic mass is 10.0. The van der Waals surface area contributed by atoms with Gasteiger partial charge in [-0.3, -0.25) is 4.79 Å². The number of hydrogen-bond acceptors (Lipinski definition) is 6. The molecule has 7 heteroatoms. The number of amides is 1. The van der Waals surface area contributed by atoms with E-state index in [1.54, 1.807) is 18.2 Å². The summed E-state index contributed by atoms with van der Waals surface area (Å²) in [5.74, 6) is 0.880. The Morgan fingerprint density at radius 1 is 1.13 bits per heavy atom. The minimum atomic E-state index is -0.498. The van der Waals surface area contributed by atoms with E-state index in [0.29, 0.717) is 22.2 Å². The van der Waals surface area contributed by atoms with E-state index in [9.17, 15) is 9.59 Å². The van der Waals surface area contributed by atoms with Crippen molar-refractivity contribution in [2.75, 3.05) is 12.4 Å². The van der Waals surface area contributed by atoms with Crippen LogP contribution in [0.3, 0.4) is 0 Å². The predicted molar refractivity (Wildman–Crippen MR) is 117 cm³/mol. The van der Waals surface area contributed by atoms with Crippen LogP contribution in [-0.2, 0) is 11.3 Å². The van der Waals surface area contributed by atoms with Gasteiger partial charge in [-0.15, -0.1) is 11.3 Å². The SMILES string of the molecule is COC(=O)c1cc(C)sc1NC(=O)c1ccc(COc2cc(C)ccc2C(C)C)o1. The topological polar surface area (TPSA) is 77.8 Å². The molecule has 1 amide bonds. The Bertz CT molecular complexity index is 1060. The van der Waals surface area contributed by atoms with E-state index in [0.717, 1.165) is 21.8 Å². The molecule has 0 spiro atoms. The van der Waals surface area contributed by atoms with Crippen LogP contribution in [0.1, 0.15) is 62.4 Å². The smallest absolute Gasteiger partial charge is 0.340 e. The van der Waals surface area contributed by atoms with Gasteiger partial charge in [-0.05, 0) is 55.2 Å². The first-order valence-electron chi connectivity index (χ1n) is 9.60. The fraction of sp³-hybridized carbons (Fsp3) is 0.304. The summed E-state index contributed by atoms with van der Waals surface area (Å²) in [5.41, 5.74) is 2.55. The molecule has 0 saturated heterocycles. The molecule has 0 aliphatic rings. The van der Waals surface area contributed by atoms with Crippen LogP contribution in [0.25, 0.3) is 0 Å². The highest BCUT2D eigenvalue weighted by Gasteiger charge is 2.20. The molecule has 0 unspecified atom stereocenters. The van der Waals surface area contributed by atoms with Gasteiger partial charge in [0.25, 0.3) is 5.91 Å². The quantitative estimate of drug-likeness (QED) is 0.490. The summed E-state index contributed by atoms with van der Waals surface area (Å²) in [6.07, 6.45) is 0. The van der Waals surface area contributed by atoms with Crippen LogP contribution in [-0.4, -0.2) is 19.0 Å². The molecule has 0 fully saturated rings. The first-order valence-corrected chi connectivity index (χ1v) is 10.4. The molecule has 158 valence electrons. The maximum Gasteiger partial charge on any atom is 0.340 e. The highest BCUT2D eigenvalue weighted by molar-refractivity contribution is 7.16. The van der Waals surface area contributed by atoms with Crippen LogP contribution in [0.5, 0.6) is 5.75 Å². The van der Waals surface area contributed by atoms with Gasteiger partial charge in [0.15, 0.2) is 5.76 Å². The molecular weight excluding hydrogens is 402 g/mol. The molecule has 0 bridgehead atoms. The van der Waals surface area contributed by atoms with Crippen LogP contribution >= 0.6 is 11.3 Å². The number of furan rings is 1. The second kappa shape index (κ2) is 9.17. The van der Waals surface area contributed by atoms with Crippen molar-refractivity contribution in [3.63, 3.8) is 0 Å². The monoisotopic (exact) mass is 427 g/mol. The average Bonchev–Trinajstić information content (AvgIpc) is 3.32. The van der Waals surface area contributed by atoms with Gasteiger partial charge in [0.1, 0.15) is 23.1 Å². The van der Waals surface area contributed by atoms with E-state index in [-0.39, 0.29) is 12.4 Å². The summed E-state index contributed by atoms with van der Waals surface area (Å²) in [4.78, 5) is 25.3. The highest BCUT2D eigenvalue weighted by atomic mass is 32.1. The van der Waals surface area contributed by atoms with Crippen molar-refractivity contribution >= 4 is 28.2 Å². The molecule has 0 aliphatic carbocycles. The molecule has 0 aliphatic heterocycles. The summed E-state index contributed by atoms with van der Waals surface area (Å²) in [5, 5.41) is 3.16. The molecule has 2 heterocycles. The summed E-state index contributed by atoms with van der Waals surface area (Å²) in [6, 6.07) is 11.1. The molecule has 0 atom stereocenters. The number of aryl methyl sites for hydroxylation is 2. The molecule has 6 nitrogen and oxygen atoms in total. The average molecular weight is 428 g/mol. The fourth-order valence-corrected chi connectivity index (χ4v) is 3.90. The summed E-state index contributed by atoms with van der Waals surface area (Å²) in [7, 11) is 1.30. The standard InChI is InChI=1S/C23H25NO5S/c1-13(2)17-8-6-14(3)10-20(17)28-12-16-7-9-19(29-16)21(25)24-22-18(23(26)27-5)11-15(4)30-22/h6-11,13H,12H2,1-5H3,(H,24,25). The first-order chi connectivity index (χ1) is 14.3. The van der Waals surface area contributed by atoms with E-state index in [2.05, 4.69) is 31.3 Å². The number of methoxy groups -OCH3 is 1. The third-order valence-electron chi connectivity index (χ3n) is 4.53. The summed E-state index contributed by atoms with van der Waals surface area (Å²) < 4.78 is 16.4. The molecule has 2 aromatic heterocycles. The van der Waals surface area contributed by atoms with E-state index in [1.165, 1.54) is 18.4 Å². The lowest BCUT2D eigenvalue weighted by Gasteiger charge is -2.14. The van der Waals surface area contributed by atoms with Gasteiger partial charge in [-0.25, -0.2) is 4.79 Å². The van der Waals surface area contributed by atoms with Crippen molar-refractivity contribution in [2.45, 2.75) is 40.2 Å². The highest BCUT2D eigenvalue weighted by Crippen LogP contribution is 2.30. The zero-order valence-corrected chi connectivity index (χ0v) is 18.5. The Hall–Kier alpha value is -3.06. The first kappa shape index (κ1) is 21.6. The number of ether oxygens (including phenoxy) is 2. The second-order valence-electron chi connectivity index (χ2n) is 7.30. The van der Waals surface area contributed by atoms with Gasteiger partial charge >= 0.3 is 5.97 Å². The number of carbonyl (C=O) groups excluding carboxylic acids is 2. The van der Waals surface area contributed by atoms with E-state index >= 15 is 0 Å². The largest absolute Gasteiger partial charge is 0.485 e. The number of benzene rings is 1. The number of anilines is 1. The minimum absolute atomic E-state index is 0.142. The summed E-state index contributed by atoms with van der Waals surface area (Å²) >= 11 is 1.30. The van der Waals surface area contributed by atoms with Crippen molar-refractivity contribution < 1.29 is 23.5 Å². The van der Waals surface area contributed by atoms with Gasteiger partial charge in [-0.1, -0.05) is 26.0 Å². The van der Waals surface area contributed by atoms with E-state index in [4.69, 9.17) is 13.9 Å². The van der Waals surface area contributed by atoms with Crippen molar-refractivity contribution in [2.24, 2.45) is 0 Å². The molecule has 1 N–H and O–H groups in total. The molecule has 1 aromatic carbocycles. The van der Waals surface area contributed by atoms with Crippen LogP contribution < -0.4 is 10.1 Å². The van der Waals surface area contributed by atoms with Gasteiger partial charge in [0.2, 0.25) is 0 Å². The number of nitrogens with one attached hydrogen (secondary N) is 1. The van der Waals surface area contributed by atoms with Gasteiger partial charge in [0, 0.05) is 4.88 Å². The van der Waals surface area contributed by atoms with Crippen LogP contribution in [0.2, 0.25) is 0 Å². The zero-order valence-electron chi connectivity index (χ0n) is 17.7. The predicted octanol–water partition coefficient (Wildman–Crippen LogP) is 5.70. The van der Waals surface area contributed by atoms with Crippen molar-refractivity contribution in [1.82, 2.24) is 0 Å². The maximum absolute atomic E-state index is 12.6. The Kier molecular flexibility index (Phi) is 6.62. The fourth-order valence-electron chi connectivity index (χ4n) is 3.00. The zero-order chi connectivity index (χ0) is 21.8. The summed E-state index contributed by atoms with van der Waals surface area (Å²) in [6.45, 7) is 8.30. The third kappa shape index (κ3) is 4.91. The van der Waals surface area contributed by atoms with Crippen molar-refractivity contribution in [3.05, 3.63) is 69.5 Å². The third-order valence-corrected chi connectivity index (χ3v) is 5.50.